The highest BCUT2D eigenvalue weighted by Crippen LogP contribution is 2.37. The number of aryl methyl sites for hydroxylation is 1. The van der Waals surface area contributed by atoms with Gasteiger partial charge in [0.05, 0.1) is 12.8 Å². The van der Waals surface area contributed by atoms with Gasteiger partial charge < -0.3 is 15.7 Å². The second kappa shape index (κ2) is 5.61. The maximum atomic E-state index is 11.9. The van der Waals surface area contributed by atoms with Crippen LogP contribution in [0.5, 0.6) is 0 Å². The van der Waals surface area contributed by atoms with Gasteiger partial charge in [0.1, 0.15) is 0 Å². The smallest absolute Gasteiger partial charge is 0.315 e. The van der Waals surface area contributed by atoms with Crippen LogP contribution >= 0.6 is 0 Å². The van der Waals surface area contributed by atoms with Crippen molar-refractivity contribution in [1.29, 1.82) is 0 Å². The Bertz CT molecular complexity index is 446. The fourth-order valence-electron chi connectivity index (χ4n) is 2.62. The van der Waals surface area contributed by atoms with E-state index in [1.165, 1.54) is 0 Å². The van der Waals surface area contributed by atoms with Crippen LogP contribution in [0.4, 0.5) is 4.79 Å². The first-order valence-electron chi connectivity index (χ1n) is 6.66. The highest BCUT2D eigenvalue weighted by Gasteiger charge is 2.39. The Morgan fingerprint density at radius 3 is 3.11 bits per heavy atom. The molecule has 19 heavy (non-hydrogen) atoms. The van der Waals surface area contributed by atoms with E-state index in [1.807, 2.05) is 20.2 Å². The van der Waals surface area contributed by atoms with Crippen LogP contribution in [0.1, 0.15) is 31.7 Å². The minimum absolute atomic E-state index is 0.0476. The van der Waals surface area contributed by atoms with Crippen molar-refractivity contribution in [2.45, 2.75) is 38.8 Å². The molecule has 1 aliphatic rings. The van der Waals surface area contributed by atoms with Crippen molar-refractivity contribution >= 4 is 6.03 Å². The summed E-state index contributed by atoms with van der Waals surface area (Å²) >= 11 is 0. The van der Waals surface area contributed by atoms with E-state index in [4.69, 9.17) is 0 Å². The molecule has 0 saturated heterocycles. The lowest BCUT2D eigenvalue weighted by Gasteiger charge is -2.30. The number of amides is 2. The Morgan fingerprint density at radius 1 is 1.68 bits per heavy atom. The van der Waals surface area contributed by atoms with Gasteiger partial charge in [-0.2, -0.15) is 5.10 Å². The van der Waals surface area contributed by atoms with E-state index < -0.39 is 0 Å². The predicted octanol–water partition coefficient (Wildman–Crippen LogP) is 0.770. The van der Waals surface area contributed by atoms with Gasteiger partial charge in [-0.05, 0) is 12.8 Å². The lowest BCUT2D eigenvalue weighted by atomic mass is 9.86. The van der Waals surface area contributed by atoms with Gasteiger partial charge in [0.2, 0.25) is 0 Å². The summed E-state index contributed by atoms with van der Waals surface area (Å²) < 4.78 is 1.70. The third-order valence-electron chi connectivity index (χ3n) is 3.96. The van der Waals surface area contributed by atoms with Gasteiger partial charge in [-0.3, -0.25) is 4.68 Å². The summed E-state index contributed by atoms with van der Waals surface area (Å²) in [4.78, 5) is 11.9. The zero-order valence-corrected chi connectivity index (χ0v) is 11.5. The lowest BCUT2D eigenvalue weighted by Crippen LogP contribution is -2.48. The van der Waals surface area contributed by atoms with Gasteiger partial charge in [-0.15, -0.1) is 0 Å². The minimum atomic E-state index is -0.189. The van der Waals surface area contributed by atoms with Crippen LogP contribution in [0.25, 0.3) is 0 Å². The Balaban J connectivity index is 1.81. The predicted molar refractivity (Wildman–Crippen MR) is 71.4 cm³/mol. The maximum absolute atomic E-state index is 11.9. The average Bonchev–Trinajstić information content (AvgIpc) is 2.95. The third kappa shape index (κ3) is 3.26. The summed E-state index contributed by atoms with van der Waals surface area (Å²) in [5.74, 6) is 0. The fourth-order valence-corrected chi connectivity index (χ4v) is 2.62. The highest BCUT2D eigenvalue weighted by atomic mass is 16.3. The molecule has 1 aromatic heterocycles. The van der Waals surface area contributed by atoms with Crippen LogP contribution in [0.15, 0.2) is 12.4 Å². The van der Waals surface area contributed by atoms with Gasteiger partial charge >= 0.3 is 6.03 Å². The van der Waals surface area contributed by atoms with E-state index in [0.717, 1.165) is 24.8 Å². The Hall–Kier alpha value is -1.56. The molecular formula is C13H22N4O2. The number of aliphatic hydroxyl groups excluding tert-OH is 1. The first kappa shape index (κ1) is 13.9. The van der Waals surface area contributed by atoms with Crippen molar-refractivity contribution in [2.75, 3.05) is 6.61 Å². The topological polar surface area (TPSA) is 79.2 Å². The molecule has 1 heterocycles. The summed E-state index contributed by atoms with van der Waals surface area (Å²) in [6.07, 6.45) is 6.53. The molecule has 1 fully saturated rings. The van der Waals surface area contributed by atoms with Crippen molar-refractivity contribution in [3.8, 4) is 0 Å². The quantitative estimate of drug-likeness (QED) is 0.753. The molecule has 2 rings (SSSR count). The van der Waals surface area contributed by atoms with Crippen molar-refractivity contribution < 1.29 is 9.90 Å². The van der Waals surface area contributed by atoms with Gasteiger partial charge in [0, 0.05) is 36.8 Å². The molecule has 6 nitrogen and oxygen atoms in total. The number of aromatic nitrogens is 2. The molecule has 0 bridgehead atoms. The first-order chi connectivity index (χ1) is 9.03. The van der Waals surface area contributed by atoms with E-state index in [1.54, 1.807) is 10.9 Å². The molecule has 0 aliphatic heterocycles. The number of hydrogen-bond acceptors (Lipinski definition) is 3. The SMILES string of the molecule is Cn1cc(CNC(=O)NC2CCCC2(C)CO)cn1. The van der Waals surface area contributed by atoms with Crippen LogP contribution in [0.2, 0.25) is 0 Å². The molecule has 106 valence electrons. The number of hydrogen-bond donors (Lipinski definition) is 3. The molecule has 2 atom stereocenters. The van der Waals surface area contributed by atoms with Gasteiger partial charge in [-0.25, -0.2) is 4.79 Å². The summed E-state index contributed by atoms with van der Waals surface area (Å²) in [7, 11) is 1.84. The Morgan fingerprint density at radius 2 is 2.47 bits per heavy atom. The molecular weight excluding hydrogens is 244 g/mol. The molecule has 1 aromatic rings. The van der Waals surface area contributed by atoms with Crippen LogP contribution in [-0.2, 0) is 13.6 Å². The van der Waals surface area contributed by atoms with E-state index in [-0.39, 0.29) is 24.1 Å². The molecule has 1 saturated carbocycles. The second-order valence-corrected chi connectivity index (χ2v) is 5.61. The van der Waals surface area contributed by atoms with Crippen LogP contribution in [-0.4, -0.2) is 33.6 Å². The largest absolute Gasteiger partial charge is 0.396 e. The summed E-state index contributed by atoms with van der Waals surface area (Å²) in [5.41, 5.74) is 0.778. The number of carbonyl (C=O) groups is 1. The maximum Gasteiger partial charge on any atom is 0.315 e. The summed E-state index contributed by atoms with van der Waals surface area (Å²) in [5, 5.41) is 19.3. The molecule has 1 aliphatic carbocycles. The minimum Gasteiger partial charge on any atom is -0.396 e. The Labute approximate surface area is 113 Å². The highest BCUT2D eigenvalue weighted by molar-refractivity contribution is 5.74. The van der Waals surface area contributed by atoms with Crippen molar-refractivity contribution in [3.05, 3.63) is 18.0 Å². The average molecular weight is 266 g/mol. The number of aliphatic hydroxyl groups is 1. The fraction of sp³-hybridized carbons (Fsp3) is 0.692. The Kier molecular flexibility index (Phi) is 4.09. The molecule has 0 aromatic carbocycles. The molecule has 3 N–H and O–H groups in total. The summed E-state index contributed by atoms with van der Waals surface area (Å²) in [6.45, 7) is 2.59. The molecule has 2 unspecified atom stereocenters. The molecule has 0 radical (unpaired) electrons. The summed E-state index contributed by atoms with van der Waals surface area (Å²) in [6, 6.07) is -0.137. The lowest BCUT2D eigenvalue weighted by molar-refractivity contribution is 0.121. The normalized spacial score (nSPS) is 26.4. The van der Waals surface area contributed by atoms with Crippen molar-refractivity contribution in [2.24, 2.45) is 12.5 Å². The number of nitrogens with zero attached hydrogens (tertiary/aromatic N) is 2. The van der Waals surface area contributed by atoms with E-state index >= 15 is 0 Å². The zero-order valence-electron chi connectivity index (χ0n) is 11.5. The standard InChI is InChI=1S/C13H22N4O2/c1-13(9-18)5-3-4-11(13)16-12(19)14-6-10-7-15-17(2)8-10/h7-8,11,18H,3-6,9H2,1-2H3,(H2,14,16,19). The van der Waals surface area contributed by atoms with Crippen LogP contribution in [0, 0.1) is 5.41 Å². The van der Waals surface area contributed by atoms with E-state index in [0.29, 0.717) is 6.54 Å². The van der Waals surface area contributed by atoms with Crippen LogP contribution < -0.4 is 10.6 Å². The molecule has 2 amide bonds. The van der Waals surface area contributed by atoms with Gasteiger partial charge in [0.25, 0.3) is 0 Å². The second-order valence-electron chi connectivity index (χ2n) is 5.61. The van der Waals surface area contributed by atoms with E-state index in [9.17, 15) is 9.90 Å². The zero-order chi connectivity index (χ0) is 13.9. The van der Waals surface area contributed by atoms with Gasteiger partial charge in [-0.1, -0.05) is 13.3 Å². The van der Waals surface area contributed by atoms with Crippen LogP contribution in [0.3, 0.4) is 0 Å². The van der Waals surface area contributed by atoms with Crippen molar-refractivity contribution in [3.63, 3.8) is 0 Å². The van der Waals surface area contributed by atoms with Crippen molar-refractivity contribution in [1.82, 2.24) is 20.4 Å². The first-order valence-corrected chi connectivity index (χ1v) is 6.66. The number of carbonyl (C=O) groups excluding carboxylic acids is 1. The number of nitrogens with one attached hydrogen (secondary N) is 2. The monoisotopic (exact) mass is 266 g/mol. The number of rotatable bonds is 4. The number of urea groups is 1. The molecule has 0 spiro atoms. The molecule has 6 heteroatoms. The van der Waals surface area contributed by atoms with Gasteiger partial charge in [0.15, 0.2) is 0 Å². The van der Waals surface area contributed by atoms with E-state index in [2.05, 4.69) is 15.7 Å². The third-order valence-corrected chi connectivity index (χ3v) is 3.96.